The van der Waals surface area contributed by atoms with Gasteiger partial charge in [0.25, 0.3) is 0 Å². The first-order valence-electron chi connectivity index (χ1n) is 6.62. The SMILES string of the molecule is O=C1C=C(c2cccc3cc4ccccc4cc23)C(=O)O1. The van der Waals surface area contributed by atoms with Gasteiger partial charge < -0.3 is 4.74 Å². The van der Waals surface area contributed by atoms with E-state index in [4.69, 9.17) is 0 Å². The first-order chi connectivity index (χ1) is 10.2. The Morgan fingerprint density at radius 1 is 0.762 bits per heavy atom. The van der Waals surface area contributed by atoms with Crippen molar-refractivity contribution in [2.24, 2.45) is 0 Å². The number of hydrogen-bond donors (Lipinski definition) is 0. The fourth-order valence-corrected chi connectivity index (χ4v) is 2.74. The van der Waals surface area contributed by atoms with Crippen molar-refractivity contribution in [3.05, 3.63) is 66.2 Å². The highest BCUT2D eigenvalue weighted by molar-refractivity contribution is 6.30. The summed E-state index contributed by atoms with van der Waals surface area (Å²) in [4.78, 5) is 23.0. The van der Waals surface area contributed by atoms with Crippen molar-refractivity contribution in [2.75, 3.05) is 0 Å². The van der Waals surface area contributed by atoms with Gasteiger partial charge in [-0.1, -0.05) is 42.5 Å². The molecule has 4 rings (SSSR count). The van der Waals surface area contributed by atoms with E-state index in [1.54, 1.807) is 0 Å². The van der Waals surface area contributed by atoms with Crippen LogP contribution in [0, 0.1) is 0 Å². The molecule has 1 aliphatic heterocycles. The fraction of sp³-hybridized carbons (Fsp3) is 0. The van der Waals surface area contributed by atoms with Gasteiger partial charge in [-0.05, 0) is 39.2 Å². The highest BCUT2D eigenvalue weighted by atomic mass is 16.6. The molecule has 1 aliphatic rings. The molecule has 0 unspecified atom stereocenters. The normalized spacial score (nSPS) is 14.6. The summed E-state index contributed by atoms with van der Waals surface area (Å²) >= 11 is 0. The van der Waals surface area contributed by atoms with Crippen LogP contribution in [0.25, 0.3) is 27.1 Å². The van der Waals surface area contributed by atoms with Crippen molar-refractivity contribution in [3.8, 4) is 0 Å². The lowest BCUT2D eigenvalue weighted by molar-refractivity contribution is -0.149. The standard InChI is InChI=1S/C18H10O3/c19-17-10-16(18(20)21-17)14-7-3-6-13-8-11-4-1-2-5-12(11)9-15(13)14/h1-10H. The number of cyclic esters (lactones) is 2. The second-order valence-electron chi connectivity index (χ2n) is 4.99. The van der Waals surface area contributed by atoms with Crippen molar-refractivity contribution in [1.29, 1.82) is 0 Å². The van der Waals surface area contributed by atoms with Crippen LogP contribution in [0.1, 0.15) is 5.56 Å². The molecule has 3 nitrogen and oxygen atoms in total. The predicted octanol–water partition coefficient (Wildman–Crippen LogP) is 3.46. The Hall–Kier alpha value is -2.94. The van der Waals surface area contributed by atoms with E-state index in [1.807, 2.05) is 48.5 Å². The van der Waals surface area contributed by atoms with Gasteiger partial charge in [0.2, 0.25) is 0 Å². The summed E-state index contributed by atoms with van der Waals surface area (Å²) in [6.07, 6.45) is 1.26. The summed E-state index contributed by atoms with van der Waals surface area (Å²) < 4.78 is 4.59. The molecule has 3 aromatic rings. The summed E-state index contributed by atoms with van der Waals surface area (Å²) in [7, 11) is 0. The van der Waals surface area contributed by atoms with Crippen molar-refractivity contribution in [2.45, 2.75) is 0 Å². The van der Waals surface area contributed by atoms with Gasteiger partial charge in [-0.3, -0.25) is 0 Å². The molecule has 0 saturated heterocycles. The van der Waals surface area contributed by atoms with Crippen LogP contribution in [0.15, 0.2) is 60.7 Å². The number of hydrogen-bond acceptors (Lipinski definition) is 3. The molecular formula is C18H10O3. The molecule has 0 aromatic heterocycles. The highest BCUT2D eigenvalue weighted by Crippen LogP contribution is 2.31. The number of esters is 2. The summed E-state index contributed by atoms with van der Waals surface area (Å²) in [6.45, 7) is 0. The molecule has 0 atom stereocenters. The van der Waals surface area contributed by atoms with Crippen LogP contribution in [0.3, 0.4) is 0 Å². The summed E-state index contributed by atoms with van der Waals surface area (Å²) in [5, 5.41) is 4.20. The van der Waals surface area contributed by atoms with Crippen LogP contribution >= 0.6 is 0 Å². The minimum atomic E-state index is -0.604. The average molecular weight is 274 g/mol. The zero-order chi connectivity index (χ0) is 14.4. The average Bonchev–Trinajstić information content (AvgIpc) is 2.83. The first-order valence-corrected chi connectivity index (χ1v) is 6.62. The van der Waals surface area contributed by atoms with E-state index in [9.17, 15) is 9.59 Å². The Morgan fingerprint density at radius 3 is 2.19 bits per heavy atom. The van der Waals surface area contributed by atoms with Gasteiger partial charge in [-0.15, -0.1) is 0 Å². The lowest BCUT2D eigenvalue weighted by Gasteiger charge is -2.07. The van der Waals surface area contributed by atoms with Crippen LogP contribution in [0.5, 0.6) is 0 Å². The summed E-state index contributed by atoms with van der Waals surface area (Å²) in [5.74, 6) is -1.19. The summed E-state index contributed by atoms with van der Waals surface area (Å²) in [6, 6.07) is 17.9. The van der Waals surface area contributed by atoms with E-state index in [1.165, 1.54) is 6.08 Å². The molecule has 1 heterocycles. The van der Waals surface area contributed by atoms with Crippen molar-refractivity contribution in [1.82, 2.24) is 0 Å². The molecule has 100 valence electrons. The lowest BCUT2D eigenvalue weighted by atomic mass is 9.96. The number of fused-ring (bicyclic) bond motifs is 2. The fourth-order valence-electron chi connectivity index (χ4n) is 2.74. The molecule has 0 spiro atoms. The van der Waals surface area contributed by atoms with Crippen molar-refractivity contribution < 1.29 is 14.3 Å². The molecule has 0 N–H and O–H groups in total. The van der Waals surface area contributed by atoms with Gasteiger partial charge in [-0.2, -0.15) is 0 Å². The molecule has 3 aromatic carbocycles. The third kappa shape index (κ3) is 1.82. The maximum atomic E-state index is 11.8. The number of carbonyl (C=O) groups is 2. The van der Waals surface area contributed by atoms with Crippen molar-refractivity contribution in [3.63, 3.8) is 0 Å². The van der Waals surface area contributed by atoms with Gasteiger partial charge in [0.05, 0.1) is 5.57 Å². The van der Waals surface area contributed by atoms with Crippen LogP contribution in [0.4, 0.5) is 0 Å². The van der Waals surface area contributed by atoms with Crippen molar-refractivity contribution >= 4 is 39.1 Å². The maximum Gasteiger partial charge on any atom is 0.346 e. The lowest BCUT2D eigenvalue weighted by Crippen LogP contribution is -2.01. The molecule has 21 heavy (non-hydrogen) atoms. The molecule has 3 heteroatoms. The molecule has 0 aliphatic carbocycles. The third-order valence-corrected chi connectivity index (χ3v) is 3.71. The van der Waals surface area contributed by atoms with Crippen LogP contribution in [-0.4, -0.2) is 11.9 Å². The van der Waals surface area contributed by atoms with E-state index in [-0.39, 0.29) is 0 Å². The van der Waals surface area contributed by atoms with Gasteiger partial charge in [0.15, 0.2) is 0 Å². The zero-order valence-corrected chi connectivity index (χ0v) is 11.0. The monoisotopic (exact) mass is 274 g/mol. The Balaban J connectivity index is 2.06. The van der Waals surface area contributed by atoms with E-state index >= 15 is 0 Å². The Bertz CT molecular complexity index is 951. The van der Waals surface area contributed by atoms with Gasteiger partial charge in [-0.25, -0.2) is 9.59 Å². The van der Waals surface area contributed by atoms with E-state index in [2.05, 4.69) is 10.8 Å². The quantitative estimate of drug-likeness (QED) is 0.388. The van der Waals surface area contributed by atoms with Gasteiger partial charge in [0, 0.05) is 6.08 Å². The van der Waals surface area contributed by atoms with Crippen LogP contribution < -0.4 is 0 Å². The van der Waals surface area contributed by atoms with E-state index in [0.29, 0.717) is 5.57 Å². The highest BCUT2D eigenvalue weighted by Gasteiger charge is 2.26. The largest absolute Gasteiger partial charge is 0.386 e. The smallest absolute Gasteiger partial charge is 0.346 e. The van der Waals surface area contributed by atoms with Crippen LogP contribution in [0.2, 0.25) is 0 Å². The Kier molecular flexibility index (Phi) is 2.42. The second-order valence-corrected chi connectivity index (χ2v) is 4.99. The van der Waals surface area contributed by atoms with Crippen LogP contribution in [-0.2, 0) is 14.3 Å². The minimum Gasteiger partial charge on any atom is -0.386 e. The maximum absolute atomic E-state index is 11.8. The number of benzene rings is 3. The number of rotatable bonds is 1. The molecule has 0 bridgehead atoms. The minimum absolute atomic E-state index is 0.320. The van der Waals surface area contributed by atoms with Gasteiger partial charge >= 0.3 is 11.9 Å². The van der Waals surface area contributed by atoms with Gasteiger partial charge in [0.1, 0.15) is 0 Å². The predicted molar refractivity (Wildman–Crippen MR) is 80.5 cm³/mol. The second kappa shape index (κ2) is 4.28. The first kappa shape index (κ1) is 11.9. The molecule has 0 fully saturated rings. The topological polar surface area (TPSA) is 43.4 Å². The summed E-state index contributed by atoms with van der Waals surface area (Å²) in [5.41, 5.74) is 1.05. The zero-order valence-electron chi connectivity index (χ0n) is 11.0. The van der Waals surface area contributed by atoms with E-state index in [0.717, 1.165) is 27.1 Å². The molecule has 0 amide bonds. The molecular weight excluding hydrogens is 264 g/mol. The molecule has 0 saturated carbocycles. The number of ether oxygens (including phenoxy) is 1. The molecule has 0 radical (unpaired) electrons. The third-order valence-electron chi connectivity index (χ3n) is 3.71. The Morgan fingerprint density at radius 2 is 1.48 bits per heavy atom. The number of carbonyl (C=O) groups excluding carboxylic acids is 2. The Labute approximate surface area is 120 Å². The van der Waals surface area contributed by atoms with E-state index < -0.39 is 11.9 Å².